The number of nitrogens with zero attached hydrogens (tertiary/aromatic N) is 2. The van der Waals surface area contributed by atoms with E-state index in [2.05, 4.69) is 4.98 Å². The average Bonchev–Trinajstić information content (AvgIpc) is 2.14. The van der Waals surface area contributed by atoms with Gasteiger partial charge in [0.1, 0.15) is 0 Å². The fraction of sp³-hybridized carbons (Fsp3) is 0.286. The van der Waals surface area contributed by atoms with E-state index >= 15 is 0 Å². The number of nitro groups is 1. The van der Waals surface area contributed by atoms with Crippen molar-refractivity contribution >= 4 is 5.69 Å². The number of hydrogen-bond acceptors (Lipinski definition) is 4. The summed E-state index contributed by atoms with van der Waals surface area (Å²) in [4.78, 5) is 11.3. The molecule has 0 saturated carbocycles. The molecule has 1 aromatic heterocycles. The van der Waals surface area contributed by atoms with Gasteiger partial charge in [-0.25, -0.2) is 13.8 Å². The van der Waals surface area contributed by atoms with Crippen LogP contribution in [0.25, 0.3) is 0 Å². The standard InChI is InChI=1S/C7H3F5N2O3/c8-6(9)4-5(15)2(14(16)17)1-3(13-4)7(10,11)12/h1,6,15H. The minimum atomic E-state index is -5.12. The van der Waals surface area contributed by atoms with Gasteiger partial charge in [0.05, 0.1) is 11.0 Å². The van der Waals surface area contributed by atoms with Gasteiger partial charge < -0.3 is 5.11 Å². The molecule has 0 atom stereocenters. The number of alkyl halides is 5. The monoisotopic (exact) mass is 258 g/mol. The number of pyridine rings is 1. The highest BCUT2D eigenvalue weighted by Gasteiger charge is 2.38. The van der Waals surface area contributed by atoms with E-state index in [0.29, 0.717) is 0 Å². The van der Waals surface area contributed by atoms with Crippen LogP contribution in [0, 0.1) is 10.1 Å². The van der Waals surface area contributed by atoms with Gasteiger partial charge >= 0.3 is 11.9 Å². The largest absolute Gasteiger partial charge is 0.501 e. The first-order valence-electron chi connectivity index (χ1n) is 3.88. The van der Waals surface area contributed by atoms with Crippen molar-refractivity contribution in [2.24, 2.45) is 0 Å². The van der Waals surface area contributed by atoms with Gasteiger partial charge in [-0.3, -0.25) is 10.1 Å². The lowest BCUT2D eigenvalue weighted by Gasteiger charge is -2.09. The zero-order valence-corrected chi connectivity index (χ0v) is 7.70. The Morgan fingerprint density at radius 3 is 2.29 bits per heavy atom. The van der Waals surface area contributed by atoms with Gasteiger partial charge in [0.15, 0.2) is 11.4 Å². The number of rotatable bonds is 2. The Morgan fingerprint density at radius 1 is 1.41 bits per heavy atom. The van der Waals surface area contributed by atoms with Crippen molar-refractivity contribution in [1.82, 2.24) is 4.98 Å². The molecular weight excluding hydrogens is 255 g/mol. The zero-order chi connectivity index (χ0) is 13.4. The molecule has 0 saturated heterocycles. The third-order valence-corrected chi connectivity index (χ3v) is 1.69. The van der Waals surface area contributed by atoms with Gasteiger partial charge in [-0.2, -0.15) is 13.2 Å². The topological polar surface area (TPSA) is 76.3 Å². The van der Waals surface area contributed by atoms with Crippen molar-refractivity contribution in [3.63, 3.8) is 0 Å². The summed E-state index contributed by atoms with van der Waals surface area (Å²) >= 11 is 0. The van der Waals surface area contributed by atoms with Crippen LogP contribution < -0.4 is 0 Å². The quantitative estimate of drug-likeness (QED) is 0.502. The predicted octanol–water partition coefficient (Wildman–Crippen LogP) is 2.65. The lowest BCUT2D eigenvalue weighted by molar-refractivity contribution is -0.386. The van der Waals surface area contributed by atoms with E-state index < -0.39 is 40.3 Å². The fourth-order valence-electron chi connectivity index (χ4n) is 0.981. The summed E-state index contributed by atoms with van der Waals surface area (Å²) in [6.07, 6.45) is -8.68. The predicted molar refractivity (Wildman–Crippen MR) is 42.5 cm³/mol. The van der Waals surface area contributed by atoms with Crippen LogP contribution in [-0.2, 0) is 6.18 Å². The Kier molecular flexibility index (Phi) is 3.16. The molecule has 5 nitrogen and oxygen atoms in total. The van der Waals surface area contributed by atoms with E-state index in [-0.39, 0.29) is 6.07 Å². The van der Waals surface area contributed by atoms with Crippen LogP contribution in [0.5, 0.6) is 5.75 Å². The Balaban J connectivity index is 3.53. The fourth-order valence-corrected chi connectivity index (χ4v) is 0.981. The minimum Gasteiger partial charge on any atom is -0.501 e. The van der Waals surface area contributed by atoms with Gasteiger partial charge in [-0.05, 0) is 0 Å². The van der Waals surface area contributed by atoms with Gasteiger partial charge in [-0.1, -0.05) is 0 Å². The van der Waals surface area contributed by atoms with Crippen molar-refractivity contribution in [1.29, 1.82) is 0 Å². The Morgan fingerprint density at radius 2 is 1.94 bits per heavy atom. The second-order valence-electron chi connectivity index (χ2n) is 2.82. The third kappa shape index (κ3) is 2.57. The smallest absolute Gasteiger partial charge is 0.433 e. The Bertz CT molecular complexity index is 460. The van der Waals surface area contributed by atoms with E-state index in [1.165, 1.54) is 0 Å². The van der Waals surface area contributed by atoms with Gasteiger partial charge in [0, 0.05) is 0 Å². The highest BCUT2D eigenvalue weighted by molar-refractivity contribution is 5.50. The molecular formula is C7H3F5N2O3. The molecule has 0 bridgehead atoms. The highest BCUT2D eigenvalue weighted by atomic mass is 19.4. The lowest BCUT2D eigenvalue weighted by atomic mass is 10.2. The first-order chi connectivity index (χ1) is 7.64. The van der Waals surface area contributed by atoms with Crippen molar-refractivity contribution < 1.29 is 32.0 Å². The van der Waals surface area contributed by atoms with Crippen LogP contribution in [-0.4, -0.2) is 15.0 Å². The molecule has 0 unspecified atom stereocenters. The van der Waals surface area contributed by atoms with Crippen LogP contribution >= 0.6 is 0 Å². The Hall–Kier alpha value is -2.00. The molecule has 0 spiro atoms. The summed E-state index contributed by atoms with van der Waals surface area (Å²) in [5.41, 5.74) is -5.01. The summed E-state index contributed by atoms with van der Waals surface area (Å²) in [6, 6.07) is -0.110. The van der Waals surface area contributed by atoms with Gasteiger partial charge in [-0.15, -0.1) is 0 Å². The van der Waals surface area contributed by atoms with Crippen molar-refractivity contribution in [3.05, 3.63) is 27.6 Å². The number of aromatic hydroxyl groups is 1. The van der Waals surface area contributed by atoms with E-state index in [4.69, 9.17) is 5.11 Å². The van der Waals surface area contributed by atoms with Gasteiger partial charge in [0.2, 0.25) is 5.75 Å². The summed E-state index contributed by atoms with van der Waals surface area (Å²) < 4.78 is 61.0. The second kappa shape index (κ2) is 4.11. The summed E-state index contributed by atoms with van der Waals surface area (Å²) in [6.45, 7) is 0. The molecule has 0 aromatic carbocycles. The summed E-state index contributed by atoms with van der Waals surface area (Å²) in [5, 5.41) is 19.2. The van der Waals surface area contributed by atoms with Crippen LogP contribution in [0.15, 0.2) is 6.07 Å². The zero-order valence-electron chi connectivity index (χ0n) is 7.70. The Labute approximate surface area is 89.7 Å². The molecule has 17 heavy (non-hydrogen) atoms. The molecule has 1 aromatic rings. The molecule has 0 aliphatic carbocycles. The summed E-state index contributed by atoms with van der Waals surface area (Å²) in [5.74, 6) is -1.57. The van der Waals surface area contributed by atoms with Crippen LogP contribution in [0.1, 0.15) is 17.8 Å². The van der Waals surface area contributed by atoms with E-state index in [1.807, 2.05) is 0 Å². The minimum absolute atomic E-state index is 0.110. The van der Waals surface area contributed by atoms with E-state index in [0.717, 1.165) is 0 Å². The van der Waals surface area contributed by atoms with Crippen molar-refractivity contribution in [2.45, 2.75) is 12.6 Å². The van der Waals surface area contributed by atoms with Crippen LogP contribution in [0.3, 0.4) is 0 Å². The molecule has 1 N–H and O–H groups in total. The maximum absolute atomic E-state index is 12.2. The molecule has 94 valence electrons. The van der Waals surface area contributed by atoms with E-state index in [1.54, 1.807) is 0 Å². The molecule has 0 aliphatic rings. The highest BCUT2D eigenvalue weighted by Crippen LogP contribution is 2.39. The lowest BCUT2D eigenvalue weighted by Crippen LogP contribution is -2.11. The van der Waals surface area contributed by atoms with E-state index in [9.17, 15) is 32.1 Å². The van der Waals surface area contributed by atoms with Crippen LogP contribution in [0.2, 0.25) is 0 Å². The molecule has 0 fully saturated rings. The van der Waals surface area contributed by atoms with Crippen molar-refractivity contribution in [2.75, 3.05) is 0 Å². The molecule has 0 amide bonds. The number of hydrogen-bond donors (Lipinski definition) is 1. The van der Waals surface area contributed by atoms with Crippen LogP contribution in [0.4, 0.5) is 27.6 Å². The molecule has 0 radical (unpaired) electrons. The number of halogens is 5. The molecule has 10 heteroatoms. The first-order valence-corrected chi connectivity index (χ1v) is 3.88. The molecule has 1 rings (SSSR count). The maximum atomic E-state index is 12.2. The summed E-state index contributed by atoms with van der Waals surface area (Å²) in [7, 11) is 0. The first kappa shape index (κ1) is 13.1. The van der Waals surface area contributed by atoms with Gasteiger partial charge in [0.25, 0.3) is 6.43 Å². The second-order valence-corrected chi connectivity index (χ2v) is 2.82. The van der Waals surface area contributed by atoms with Crippen molar-refractivity contribution in [3.8, 4) is 5.75 Å². The molecule has 1 heterocycles. The number of aromatic nitrogens is 1. The SMILES string of the molecule is O=[N+]([O-])c1cc(C(F)(F)F)nc(C(F)F)c1O. The normalized spacial score (nSPS) is 11.9. The maximum Gasteiger partial charge on any atom is 0.433 e. The average molecular weight is 258 g/mol. The third-order valence-electron chi connectivity index (χ3n) is 1.69. The molecule has 0 aliphatic heterocycles.